The van der Waals surface area contributed by atoms with E-state index in [1.165, 1.54) is 24.1 Å². The molecule has 0 bridgehead atoms. The Bertz CT molecular complexity index is 406. The fourth-order valence-corrected chi connectivity index (χ4v) is 3.21. The van der Waals surface area contributed by atoms with Crippen LogP contribution in [0.3, 0.4) is 0 Å². The maximum Gasteiger partial charge on any atom is 0.133 e. The molecule has 1 heterocycles. The molecule has 0 amide bonds. The van der Waals surface area contributed by atoms with Crippen LogP contribution in [-0.4, -0.2) is 28.0 Å². The Morgan fingerprint density at radius 2 is 2.06 bits per heavy atom. The van der Waals surface area contributed by atoms with Gasteiger partial charge in [-0.3, -0.25) is 0 Å². The summed E-state index contributed by atoms with van der Waals surface area (Å²) < 4.78 is 0. The second-order valence-corrected chi connectivity index (χ2v) is 5.87. The van der Waals surface area contributed by atoms with Crippen LogP contribution in [0.5, 0.6) is 0 Å². The molecule has 0 saturated carbocycles. The number of thioether (sulfide) groups is 1. The van der Waals surface area contributed by atoms with Gasteiger partial charge in [0.05, 0.1) is 0 Å². The average molecular weight is 265 g/mol. The zero-order valence-corrected chi connectivity index (χ0v) is 12.4. The van der Waals surface area contributed by atoms with Gasteiger partial charge < -0.3 is 5.32 Å². The van der Waals surface area contributed by atoms with Crippen molar-refractivity contribution in [3.8, 4) is 0 Å². The molecule has 1 atom stereocenters. The lowest BCUT2D eigenvalue weighted by Crippen LogP contribution is -2.24. The second kappa shape index (κ2) is 6.41. The highest BCUT2D eigenvalue weighted by Gasteiger charge is 2.18. The third-order valence-electron chi connectivity index (χ3n) is 3.50. The first kappa shape index (κ1) is 13.7. The Morgan fingerprint density at radius 3 is 2.78 bits per heavy atom. The minimum Gasteiger partial charge on any atom is -0.366 e. The van der Waals surface area contributed by atoms with Crippen molar-refractivity contribution in [3.05, 3.63) is 17.1 Å². The molecule has 100 valence electrons. The monoisotopic (exact) mass is 265 g/mol. The van der Waals surface area contributed by atoms with E-state index in [1.54, 1.807) is 0 Å². The highest BCUT2D eigenvalue weighted by Crippen LogP contribution is 2.26. The number of hydrogen-bond donors (Lipinski definition) is 1. The molecular weight excluding hydrogens is 242 g/mol. The Labute approximate surface area is 114 Å². The predicted molar refractivity (Wildman–Crippen MR) is 79.5 cm³/mol. The van der Waals surface area contributed by atoms with Gasteiger partial charge in [0.1, 0.15) is 11.6 Å². The highest BCUT2D eigenvalue weighted by atomic mass is 32.2. The maximum atomic E-state index is 4.62. The van der Waals surface area contributed by atoms with Gasteiger partial charge in [-0.15, -0.1) is 0 Å². The first-order valence-corrected chi connectivity index (χ1v) is 8.25. The number of nitrogens with zero attached hydrogens (tertiary/aromatic N) is 2. The van der Waals surface area contributed by atoms with Crippen molar-refractivity contribution in [1.82, 2.24) is 9.97 Å². The van der Waals surface area contributed by atoms with Crippen LogP contribution in [0.15, 0.2) is 0 Å². The minimum absolute atomic E-state index is 0.514. The van der Waals surface area contributed by atoms with E-state index in [9.17, 15) is 0 Å². The molecule has 4 heteroatoms. The Balaban J connectivity index is 2.23. The third-order valence-corrected chi connectivity index (χ3v) is 4.23. The normalized spacial score (nSPS) is 16.2. The molecule has 0 aromatic carbocycles. The van der Waals surface area contributed by atoms with Crippen molar-refractivity contribution < 1.29 is 0 Å². The topological polar surface area (TPSA) is 37.8 Å². The van der Waals surface area contributed by atoms with E-state index in [0.717, 1.165) is 36.7 Å². The summed E-state index contributed by atoms with van der Waals surface area (Å²) in [5.74, 6) is 3.13. The van der Waals surface area contributed by atoms with Gasteiger partial charge in [0.2, 0.25) is 0 Å². The largest absolute Gasteiger partial charge is 0.366 e. The molecule has 2 rings (SSSR count). The lowest BCUT2D eigenvalue weighted by atomic mass is 9.96. The fourth-order valence-electron chi connectivity index (χ4n) is 2.49. The van der Waals surface area contributed by atoms with Gasteiger partial charge in [-0.05, 0) is 45.3 Å². The van der Waals surface area contributed by atoms with Gasteiger partial charge in [0.25, 0.3) is 0 Å². The summed E-state index contributed by atoms with van der Waals surface area (Å²) in [4.78, 5) is 9.22. The SMILES string of the molecule is CCC(CSC)Nc1nc(C)nc2c1CCCC2. The zero-order valence-electron chi connectivity index (χ0n) is 11.6. The number of nitrogens with one attached hydrogen (secondary N) is 1. The molecule has 3 nitrogen and oxygen atoms in total. The molecular formula is C14H23N3S. The summed E-state index contributed by atoms with van der Waals surface area (Å²) in [7, 11) is 0. The van der Waals surface area contributed by atoms with E-state index in [4.69, 9.17) is 0 Å². The summed E-state index contributed by atoms with van der Waals surface area (Å²) in [6, 6.07) is 0.514. The van der Waals surface area contributed by atoms with Crippen LogP contribution in [0.1, 0.15) is 43.3 Å². The van der Waals surface area contributed by atoms with E-state index in [1.807, 2.05) is 18.7 Å². The zero-order chi connectivity index (χ0) is 13.0. The molecule has 1 aromatic heterocycles. The molecule has 18 heavy (non-hydrogen) atoms. The van der Waals surface area contributed by atoms with Gasteiger partial charge in [0.15, 0.2) is 0 Å². The smallest absolute Gasteiger partial charge is 0.133 e. The molecule has 1 aromatic rings. The van der Waals surface area contributed by atoms with Gasteiger partial charge in [0, 0.05) is 23.1 Å². The van der Waals surface area contributed by atoms with Crippen molar-refractivity contribution in [2.45, 2.75) is 52.0 Å². The van der Waals surface area contributed by atoms with Gasteiger partial charge >= 0.3 is 0 Å². The van der Waals surface area contributed by atoms with E-state index in [2.05, 4.69) is 28.5 Å². The second-order valence-electron chi connectivity index (χ2n) is 4.96. The first-order chi connectivity index (χ1) is 8.74. The molecule has 0 radical (unpaired) electrons. The lowest BCUT2D eigenvalue weighted by Gasteiger charge is -2.23. The summed E-state index contributed by atoms with van der Waals surface area (Å²) in [6.07, 6.45) is 8.09. The number of hydrogen-bond acceptors (Lipinski definition) is 4. The van der Waals surface area contributed by atoms with Crippen LogP contribution in [0.4, 0.5) is 5.82 Å². The molecule has 0 spiro atoms. The number of aryl methyl sites for hydroxylation is 2. The molecule has 1 aliphatic rings. The van der Waals surface area contributed by atoms with Crippen LogP contribution in [0.2, 0.25) is 0 Å². The number of rotatable bonds is 5. The molecule has 1 aliphatic carbocycles. The summed E-state index contributed by atoms with van der Waals surface area (Å²) in [5.41, 5.74) is 2.64. The van der Waals surface area contributed by atoms with Gasteiger partial charge in [-0.1, -0.05) is 6.92 Å². The van der Waals surface area contributed by atoms with Gasteiger partial charge in [-0.25, -0.2) is 9.97 Å². The quantitative estimate of drug-likeness (QED) is 0.887. The molecule has 0 fully saturated rings. The Morgan fingerprint density at radius 1 is 1.28 bits per heavy atom. The third kappa shape index (κ3) is 3.16. The van der Waals surface area contributed by atoms with E-state index < -0.39 is 0 Å². The van der Waals surface area contributed by atoms with Crippen LogP contribution >= 0.6 is 11.8 Å². The number of aromatic nitrogens is 2. The highest BCUT2D eigenvalue weighted by molar-refractivity contribution is 7.98. The van der Waals surface area contributed by atoms with Crippen LogP contribution in [0.25, 0.3) is 0 Å². The number of fused-ring (bicyclic) bond motifs is 1. The van der Waals surface area contributed by atoms with E-state index in [0.29, 0.717) is 6.04 Å². The van der Waals surface area contributed by atoms with E-state index in [-0.39, 0.29) is 0 Å². The van der Waals surface area contributed by atoms with Crippen LogP contribution < -0.4 is 5.32 Å². The van der Waals surface area contributed by atoms with E-state index >= 15 is 0 Å². The molecule has 1 N–H and O–H groups in total. The van der Waals surface area contributed by atoms with Crippen molar-refractivity contribution in [3.63, 3.8) is 0 Å². The summed E-state index contributed by atoms with van der Waals surface area (Å²) in [6.45, 7) is 4.23. The Hall–Kier alpha value is -0.770. The van der Waals surface area contributed by atoms with Crippen LogP contribution in [-0.2, 0) is 12.8 Å². The predicted octanol–water partition coefficient (Wildman–Crippen LogP) is 3.22. The molecule has 0 saturated heterocycles. The average Bonchev–Trinajstić information content (AvgIpc) is 2.38. The minimum atomic E-state index is 0.514. The van der Waals surface area contributed by atoms with Crippen LogP contribution in [0, 0.1) is 6.92 Å². The molecule has 0 aliphatic heterocycles. The van der Waals surface area contributed by atoms with Gasteiger partial charge in [-0.2, -0.15) is 11.8 Å². The maximum absolute atomic E-state index is 4.62. The lowest BCUT2D eigenvalue weighted by molar-refractivity contribution is 0.655. The first-order valence-electron chi connectivity index (χ1n) is 6.86. The number of anilines is 1. The standard InChI is InChI=1S/C14H23N3S/c1-4-11(9-18-3)17-14-12-7-5-6-8-13(12)15-10(2)16-14/h11H,4-9H2,1-3H3,(H,15,16,17). The van der Waals surface area contributed by atoms with Crippen molar-refractivity contribution in [2.24, 2.45) is 0 Å². The summed E-state index contributed by atoms with van der Waals surface area (Å²) in [5, 5.41) is 3.63. The van der Waals surface area contributed by atoms with Crippen molar-refractivity contribution in [2.75, 3.05) is 17.3 Å². The summed E-state index contributed by atoms with van der Waals surface area (Å²) >= 11 is 1.89. The fraction of sp³-hybridized carbons (Fsp3) is 0.714. The Kier molecular flexibility index (Phi) is 4.87. The van der Waals surface area contributed by atoms with Crippen molar-refractivity contribution in [1.29, 1.82) is 0 Å². The van der Waals surface area contributed by atoms with Crippen molar-refractivity contribution >= 4 is 17.6 Å². The molecule has 1 unspecified atom stereocenters.